The van der Waals surface area contributed by atoms with E-state index in [-0.39, 0.29) is 26.0 Å². The molecule has 2 fully saturated rings. The number of likely N-dealkylation sites (tertiary alicyclic amines) is 1. The van der Waals surface area contributed by atoms with E-state index in [0.717, 1.165) is 11.3 Å². The maximum atomic E-state index is 13.4. The molecule has 196 valence electrons. The van der Waals surface area contributed by atoms with Gasteiger partial charge in [0.15, 0.2) is 0 Å². The Morgan fingerprint density at radius 1 is 1.26 bits per heavy atom. The van der Waals surface area contributed by atoms with Gasteiger partial charge in [0.25, 0.3) is 0 Å². The van der Waals surface area contributed by atoms with E-state index in [2.05, 4.69) is 23.8 Å². The van der Waals surface area contributed by atoms with Crippen LogP contribution in [-0.2, 0) is 23.9 Å². The molecule has 2 aliphatic rings. The fraction of sp³-hybridized carbons (Fsp3) is 0.667. The van der Waals surface area contributed by atoms with Crippen LogP contribution in [0.25, 0.3) is 0 Å². The first-order valence-corrected chi connectivity index (χ1v) is 11.7. The number of carboxylic acids is 1. The second-order valence-corrected chi connectivity index (χ2v) is 9.91. The lowest BCUT2D eigenvalue weighted by atomic mass is 10.1. The molecule has 11 nitrogen and oxygen atoms in total. The molecule has 3 amide bonds. The molecule has 0 bridgehead atoms. The van der Waals surface area contributed by atoms with Crippen LogP contribution in [0.1, 0.15) is 46.5 Å². The summed E-state index contributed by atoms with van der Waals surface area (Å²) in [6.45, 7) is 12.3. The molecule has 1 heterocycles. The number of allylic oxidation sites excluding steroid dienone is 1. The molecular weight excluding hydrogens is 458 g/mol. The summed E-state index contributed by atoms with van der Waals surface area (Å²) in [6.07, 6.45) is 2.91. The first kappa shape index (κ1) is 28.3. The number of hydrogen-bond acceptors (Lipinski definition) is 7. The van der Waals surface area contributed by atoms with Crippen molar-refractivity contribution in [2.75, 3.05) is 19.8 Å². The summed E-state index contributed by atoms with van der Waals surface area (Å²) in [7, 11) is 0. The highest BCUT2D eigenvalue weighted by molar-refractivity contribution is 5.96. The summed E-state index contributed by atoms with van der Waals surface area (Å²) in [6, 6.07) is -2.28. The molecule has 1 saturated carbocycles. The number of β-amino-alcohol motifs (C(OH)–C–C–N with tert-alkyl or cyclic N) is 1. The van der Waals surface area contributed by atoms with Crippen LogP contribution in [-0.4, -0.2) is 88.1 Å². The van der Waals surface area contributed by atoms with E-state index in [1.54, 1.807) is 26.8 Å². The van der Waals surface area contributed by atoms with Gasteiger partial charge in [0.1, 0.15) is 23.2 Å². The monoisotopic (exact) mass is 495 g/mol. The van der Waals surface area contributed by atoms with Gasteiger partial charge >= 0.3 is 12.1 Å². The molecule has 0 unspecified atom stereocenters. The minimum Gasteiger partial charge on any atom is -0.479 e. The van der Waals surface area contributed by atoms with Crippen molar-refractivity contribution in [1.82, 2.24) is 15.5 Å². The summed E-state index contributed by atoms with van der Waals surface area (Å²) < 4.78 is 10.8. The smallest absolute Gasteiger partial charge is 0.408 e. The largest absolute Gasteiger partial charge is 0.479 e. The third kappa shape index (κ3) is 7.53. The van der Waals surface area contributed by atoms with E-state index in [0.29, 0.717) is 13.0 Å². The van der Waals surface area contributed by atoms with Gasteiger partial charge in [0.2, 0.25) is 11.8 Å². The number of carbonyl (C=O) groups is 4. The molecule has 0 aromatic rings. The number of amides is 3. The summed E-state index contributed by atoms with van der Waals surface area (Å²) >= 11 is 0. The lowest BCUT2D eigenvalue weighted by Gasteiger charge is -2.30. The molecule has 1 aliphatic carbocycles. The van der Waals surface area contributed by atoms with Crippen LogP contribution in [0.5, 0.6) is 0 Å². The molecule has 2 rings (SSSR count). The Balaban J connectivity index is 2.15. The lowest BCUT2D eigenvalue weighted by Crippen LogP contribution is -2.57. The van der Waals surface area contributed by atoms with Gasteiger partial charge in [-0.25, -0.2) is 9.59 Å². The van der Waals surface area contributed by atoms with E-state index in [1.807, 2.05) is 0 Å². The molecule has 0 radical (unpaired) electrons. The molecule has 4 N–H and O–H groups in total. The second-order valence-electron chi connectivity index (χ2n) is 9.91. The van der Waals surface area contributed by atoms with Crippen molar-refractivity contribution in [2.45, 2.75) is 75.8 Å². The molecule has 0 aromatic heterocycles. The van der Waals surface area contributed by atoms with Gasteiger partial charge in [0.05, 0.1) is 12.7 Å². The van der Waals surface area contributed by atoms with Crippen molar-refractivity contribution in [3.05, 3.63) is 25.3 Å². The second kappa shape index (κ2) is 11.7. The Labute approximate surface area is 205 Å². The van der Waals surface area contributed by atoms with Crippen molar-refractivity contribution in [2.24, 2.45) is 5.92 Å². The maximum absolute atomic E-state index is 13.4. The van der Waals surface area contributed by atoms with Gasteiger partial charge < -0.3 is 35.2 Å². The van der Waals surface area contributed by atoms with Gasteiger partial charge in [0, 0.05) is 25.5 Å². The van der Waals surface area contributed by atoms with E-state index in [9.17, 15) is 29.4 Å². The van der Waals surface area contributed by atoms with Crippen molar-refractivity contribution in [3.63, 3.8) is 0 Å². The average Bonchev–Trinajstić information content (AvgIpc) is 3.34. The maximum Gasteiger partial charge on any atom is 0.408 e. The van der Waals surface area contributed by atoms with Crippen molar-refractivity contribution >= 4 is 23.9 Å². The number of aliphatic hydroxyl groups excluding tert-OH is 1. The lowest BCUT2D eigenvalue weighted by molar-refractivity contribution is -0.146. The predicted octanol–water partition coefficient (Wildman–Crippen LogP) is 0.970. The zero-order chi connectivity index (χ0) is 26.4. The number of unbranched alkanes of at least 4 members (excludes halogenated alkanes) is 1. The quantitative estimate of drug-likeness (QED) is 0.231. The third-order valence-electron chi connectivity index (χ3n) is 5.86. The number of carbonyl (C=O) groups excluding carboxylic acids is 3. The fourth-order valence-corrected chi connectivity index (χ4v) is 3.98. The van der Waals surface area contributed by atoms with Crippen molar-refractivity contribution in [3.8, 4) is 0 Å². The zero-order valence-electron chi connectivity index (χ0n) is 20.6. The highest BCUT2D eigenvalue weighted by atomic mass is 16.6. The highest BCUT2D eigenvalue weighted by Crippen LogP contribution is 2.44. The molecule has 5 atom stereocenters. The highest BCUT2D eigenvalue weighted by Gasteiger charge is 2.61. The van der Waals surface area contributed by atoms with Crippen LogP contribution in [0.15, 0.2) is 25.3 Å². The average molecular weight is 496 g/mol. The summed E-state index contributed by atoms with van der Waals surface area (Å²) in [5, 5.41) is 24.8. The minimum atomic E-state index is -1.47. The fourth-order valence-electron chi connectivity index (χ4n) is 3.98. The number of rotatable bonds is 12. The normalized spacial score (nSPS) is 26.4. The van der Waals surface area contributed by atoms with Gasteiger partial charge in [-0.2, -0.15) is 0 Å². The molecule has 0 spiro atoms. The number of aliphatic hydroxyl groups is 1. The topological polar surface area (TPSA) is 154 Å². The first-order chi connectivity index (χ1) is 16.3. The standard InChI is InChI=1S/C24H37N3O8/c1-6-8-9-10-34-14-17(25-22(33)35-23(3,4)5)20(30)27-13-16(28)11-18(27)19(29)26-24(21(31)32)12-15(24)7-2/h6-7,15-18,28H,1-2,8-14H2,3-5H3,(H,25,33)(H,26,29)(H,31,32)/t15-,16-,17+,18+,24-/m1/s1. The number of nitrogens with one attached hydrogen (secondary N) is 2. The van der Waals surface area contributed by atoms with Crippen molar-refractivity contribution in [1.29, 1.82) is 0 Å². The molecule has 1 aliphatic heterocycles. The summed E-state index contributed by atoms with van der Waals surface area (Å²) in [4.78, 5) is 51.7. The number of carboxylic acid groups (broad SMARTS) is 1. The predicted molar refractivity (Wildman–Crippen MR) is 126 cm³/mol. The number of alkyl carbamates (subject to hydrolysis) is 1. The minimum absolute atomic E-state index is 0.0641. The van der Waals surface area contributed by atoms with Crippen LogP contribution in [0.2, 0.25) is 0 Å². The van der Waals surface area contributed by atoms with Crippen LogP contribution >= 0.6 is 0 Å². The van der Waals surface area contributed by atoms with E-state index >= 15 is 0 Å². The van der Waals surface area contributed by atoms with E-state index in [4.69, 9.17) is 9.47 Å². The summed E-state index contributed by atoms with van der Waals surface area (Å²) in [5.74, 6) is -2.95. The third-order valence-corrected chi connectivity index (χ3v) is 5.86. The molecule has 11 heteroatoms. The molecular formula is C24H37N3O8. The van der Waals surface area contributed by atoms with Crippen molar-refractivity contribution < 1.29 is 38.9 Å². The molecule has 0 aromatic carbocycles. The Morgan fingerprint density at radius 3 is 2.49 bits per heavy atom. The number of aliphatic carboxylic acids is 1. The summed E-state index contributed by atoms with van der Waals surface area (Å²) in [5.41, 5.74) is -2.27. The number of hydrogen-bond donors (Lipinski definition) is 4. The van der Waals surface area contributed by atoms with Crippen LogP contribution in [0.4, 0.5) is 4.79 Å². The Kier molecular flexibility index (Phi) is 9.45. The van der Waals surface area contributed by atoms with Gasteiger partial charge in [-0.1, -0.05) is 12.2 Å². The van der Waals surface area contributed by atoms with E-state index < -0.39 is 59.1 Å². The number of nitrogens with zero attached hydrogens (tertiary/aromatic N) is 1. The Bertz CT molecular complexity index is 839. The Morgan fingerprint density at radius 2 is 1.94 bits per heavy atom. The first-order valence-electron chi connectivity index (χ1n) is 11.7. The van der Waals surface area contributed by atoms with Gasteiger partial charge in [-0.05, 0) is 40.0 Å². The molecule has 1 saturated heterocycles. The van der Waals surface area contributed by atoms with Crippen LogP contribution in [0, 0.1) is 5.92 Å². The SMILES string of the molecule is C=CCCCOC[C@H](NC(=O)OC(C)(C)C)C(=O)N1C[C@H](O)C[C@H]1C(=O)N[C@]1(C(=O)O)C[C@H]1C=C. The van der Waals surface area contributed by atoms with Gasteiger partial charge in [-0.15, -0.1) is 13.2 Å². The van der Waals surface area contributed by atoms with Crippen LogP contribution < -0.4 is 10.6 Å². The Hall–Kier alpha value is -2.92. The molecule has 35 heavy (non-hydrogen) atoms. The van der Waals surface area contributed by atoms with Gasteiger partial charge in [-0.3, -0.25) is 9.59 Å². The van der Waals surface area contributed by atoms with Crippen LogP contribution in [0.3, 0.4) is 0 Å². The van der Waals surface area contributed by atoms with E-state index in [1.165, 1.54) is 6.08 Å². The zero-order valence-corrected chi connectivity index (χ0v) is 20.6. The number of ether oxygens (including phenoxy) is 2.